The molecule has 206 valence electrons. The highest BCUT2D eigenvalue weighted by molar-refractivity contribution is 6.31. The molecule has 0 aromatic heterocycles. The maximum absolute atomic E-state index is 13.7. The highest BCUT2D eigenvalue weighted by Gasteiger charge is 2.56. The van der Waals surface area contributed by atoms with Gasteiger partial charge in [-0.05, 0) is 56.4 Å². The van der Waals surface area contributed by atoms with Crippen LogP contribution < -0.4 is 20.1 Å². The first-order valence-corrected chi connectivity index (χ1v) is 12.8. The summed E-state index contributed by atoms with van der Waals surface area (Å²) in [6.45, 7) is -0.598. The highest BCUT2D eigenvalue weighted by atomic mass is 35.5. The molecule has 2 N–H and O–H groups in total. The number of halogens is 4. The number of nitrogens with one attached hydrogen (secondary N) is 2. The molecule has 2 aromatic rings. The summed E-state index contributed by atoms with van der Waals surface area (Å²) < 4.78 is 49.2. The van der Waals surface area contributed by atoms with Crippen LogP contribution in [0.4, 0.5) is 8.78 Å². The van der Waals surface area contributed by atoms with E-state index in [1.807, 2.05) is 0 Å². The Hall–Kier alpha value is -2.66. The molecular formula is C26H28Cl2F2N2O6. The third-order valence-corrected chi connectivity index (χ3v) is 7.61. The third kappa shape index (κ3) is 6.66. The third-order valence-electron chi connectivity index (χ3n) is 6.99. The summed E-state index contributed by atoms with van der Waals surface area (Å²) in [6, 6.07) is 7.91. The molecule has 8 nitrogen and oxygen atoms in total. The topological polar surface area (TPSA) is 95.1 Å². The zero-order valence-electron chi connectivity index (χ0n) is 20.7. The molecule has 3 saturated carbocycles. The number of carbonyl (C=O) groups excluding carboxylic acids is 2. The summed E-state index contributed by atoms with van der Waals surface area (Å²) in [4.78, 5) is 25.5. The van der Waals surface area contributed by atoms with E-state index in [1.165, 1.54) is 31.4 Å². The number of benzene rings is 2. The number of fused-ring (bicyclic) bond motifs is 3. The summed E-state index contributed by atoms with van der Waals surface area (Å²) in [5, 5.41) is 6.04. The molecule has 2 bridgehead atoms. The summed E-state index contributed by atoms with van der Waals surface area (Å²) >= 11 is 11.4. The van der Waals surface area contributed by atoms with Gasteiger partial charge in [0.25, 0.3) is 11.8 Å². The summed E-state index contributed by atoms with van der Waals surface area (Å²) in [7, 11) is 1.50. The second-order valence-corrected chi connectivity index (χ2v) is 10.3. The van der Waals surface area contributed by atoms with Gasteiger partial charge in [-0.1, -0.05) is 23.2 Å². The zero-order valence-corrected chi connectivity index (χ0v) is 22.2. The summed E-state index contributed by atoms with van der Waals surface area (Å²) in [5.41, 5.74) is -1.22. The lowest BCUT2D eigenvalue weighted by molar-refractivity contribution is -0.161. The molecule has 0 heterocycles. The van der Waals surface area contributed by atoms with E-state index in [0.29, 0.717) is 32.1 Å². The van der Waals surface area contributed by atoms with Gasteiger partial charge in [0.1, 0.15) is 29.9 Å². The van der Waals surface area contributed by atoms with Crippen molar-refractivity contribution in [2.45, 2.75) is 49.3 Å². The van der Waals surface area contributed by atoms with Crippen LogP contribution in [-0.4, -0.2) is 56.1 Å². The molecule has 0 unspecified atom stereocenters. The molecule has 0 radical (unpaired) electrons. The Bertz CT molecular complexity index is 1180. The van der Waals surface area contributed by atoms with E-state index < -0.39 is 28.8 Å². The Kier molecular flexibility index (Phi) is 8.97. The zero-order chi connectivity index (χ0) is 27.3. The normalized spacial score (nSPS) is 24.1. The first-order valence-electron chi connectivity index (χ1n) is 12.0. The van der Waals surface area contributed by atoms with Crippen molar-refractivity contribution < 1.29 is 37.3 Å². The SMILES string of the molecule is COCO[C@@H]1CC2(NC(=O)COc3ccc(Cl)c(F)c3)CCC1(NC(=O)COc1ccc(Cl)c(F)c1)CC2. The lowest BCUT2D eigenvalue weighted by atomic mass is 9.59. The molecule has 3 aliphatic carbocycles. The minimum Gasteiger partial charge on any atom is -0.484 e. The fourth-order valence-electron chi connectivity index (χ4n) is 5.08. The van der Waals surface area contributed by atoms with Crippen molar-refractivity contribution in [3.05, 3.63) is 58.1 Å². The Morgan fingerprint density at radius 1 is 0.895 bits per heavy atom. The van der Waals surface area contributed by atoms with Crippen molar-refractivity contribution in [1.29, 1.82) is 0 Å². The number of rotatable bonds is 11. The number of methoxy groups -OCH3 is 1. The Balaban J connectivity index is 1.35. The van der Waals surface area contributed by atoms with Gasteiger partial charge in [0, 0.05) is 24.8 Å². The number of hydrogen-bond acceptors (Lipinski definition) is 6. The van der Waals surface area contributed by atoms with Gasteiger partial charge in [0.15, 0.2) is 13.2 Å². The van der Waals surface area contributed by atoms with Crippen LogP contribution in [0.25, 0.3) is 0 Å². The smallest absolute Gasteiger partial charge is 0.258 e. The van der Waals surface area contributed by atoms with Gasteiger partial charge >= 0.3 is 0 Å². The monoisotopic (exact) mass is 572 g/mol. The van der Waals surface area contributed by atoms with Crippen molar-refractivity contribution in [3.63, 3.8) is 0 Å². The molecule has 38 heavy (non-hydrogen) atoms. The van der Waals surface area contributed by atoms with Crippen molar-refractivity contribution >= 4 is 35.0 Å². The summed E-state index contributed by atoms with van der Waals surface area (Å²) in [6.07, 6.45) is 2.31. The number of ether oxygens (including phenoxy) is 4. The van der Waals surface area contributed by atoms with Gasteiger partial charge in [-0.15, -0.1) is 0 Å². The van der Waals surface area contributed by atoms with Gasteiger partial charge in [0.2, 0.25) is 0 Å². The highest BCUT2D eigenvalue weighted by Crippen LogP contribution is 2.48. The second kappa shape index (κ2) is 12.0. The van der Waals surface area contributed by atoms with Crippen LogP contribution in [0.15, 0.2) is 36.4 Å². The number of amides is 2. The molecule has 0 saturated heterocycles. The van der Waals surface area contributed by atoms with Crippen LogP contribution in [0.2, 0.25) is 10.0 Å². The molecular weight excluding hydrogens is 545 g/mol. The minimum absolute atomic E-state index is 0.0120. The maximum Gasteiger partial charge on any atom is 0.258 e. The van der Waals surface area contributed by atoms with E-state index in [4.69, 9.17) is 42.1 Å². The van der Waals surface area contributed by atoms with Crippen LogP contribution in [-0.2, 0) is 19.1 Å². The average Bonchev–Trinajstić information content (AvgIpc) is 2.89. The van der Waals surface area contributed by atoms with E-state index in [2.05, 4.69) is 10.6 Å². The molecule has 5 rings (SSSR count). The van der Waals surface area contributed by atoms with Gasteiger partial charge < -0.3 is 29.6 Å². The van der Waals surface area contributed by atoms with E-state index in [0.717, 1.165) is 12.1 Å². The van der Waals surface area contributed by atoms with Crippen LogP contribution in [0, 0.1) is 11.6 Å². The molecule has 3 aliphatic rings. The van der Waals surface area contributed by atoms with Crippen LogP contribution in [0.1, 0.15) is 32.1 Å². The average molecular weight is 573 g/mol. The van der Waals surface area contributed by atoms with E-state index in [-0.39, 0.29) is 53.4 Å². The minimum atomic E-state index is -0.673. The maximum atomic E-state index is 13.7. The predicted molar refractivity (Wildman–Crippen MR) is 135 cm³/mol. The van der Waals surface area contributed by atoms with Crippen molar-refractivity contribution in [3.8, 4) is 11.5 Å². The fourth-order valence-corrected chi connectivity index (χ4v) is 5.31. The van der Waals surface area contributed by atoms with Gasteiger partial charge in [-0.25, -0.2) is 8.78 Å². The first-order chi connectivity index (χ1) is 18.1. The Morgan fingerprint density at radius 3 is 1.92 bits per heavy atom. The fraction of sp³-hybridized carbons (Fsp3) is 0.462. The van der Waals surface area contributed by atoms with Crippen LogP contribution in [0.5, 0.6) is 11.5 Å². The summed E-state index contributed by atoms with van der Waals surface area (Å²) in [5.74, 6) is -1.63. The van der Waals surface area contributed by atoms with Crippen molar-refractivity contribution in [1.82, 2.24) is 10.6 Å². The Morgan fingerprint density at radius 2 is 1.42 bits per heavy atom. The van der Waals surface area contributed by atoms with Crippen molar-refractivity contribution in [2.75, 3.05) is 27.1 Å². The second-order valence-electron chi connectivity index (χ2n) is 9.53. The Labute approximate surface area is 228 Å². The van der Waals surface area contributed by atoms with Crippen LogP contribution >= 0.6 is 23.2 Å². The standard InChI is InChI=1S/C26H28Cl2F2N2O6/c1-35-15-38-22-12-25(31-23(33)13-36-16-2-4-18(27)20(29)10-16)6-8-26(22,9-7-25)32-24(34)14-37-17-3-5-19(28)21(30)11-17/h2-5,10-11,22H,6-9,12-15H2,1H3,(H,31,33)(H,32,34)/t22-,25?,26?/m1/s1. The quantitative estimate of drug-likeness (QED) is 0.387. The molecule has 1 atom stereocenters. The lowest BCUT2D eigenvalue weighted by Gasteiger charge is -2.57. The molecule has 0 aliphatic heterocycles. The molecule has 0 spiro atoms. The molecule has 2 amide bonds. The van der Waals surface area contributed by atoms with E-state index >= 15 is 0 Å². The first kappa shape index (κ1) is 28.4. The van der Waals surface area contributed by atoms with Crippen molar-refractivity contribution in [2.24, 2.45) is 0 Å². The molecule has 2 aromatic carbocycles. The molecule has 3 fully saturated rings. The largest absolute Gasteiger partial charge is 0.484 e. The number of carbonyl (C=O) groups is 2. The van der Waals surface area contributed by atoms with Crippen LogP contribution in [0.3, 0.4) is 0 Å². The van der Waals surface area contributed by atoms with E-state index in [9.17, 15) is 18.4 Å². The van der Waals surface area contributed by atoms with Gasteiger partial charge in [-0.2, -0.15) is 0 Å². The predicted octanol–water partition coefficient (Wildman–Crippen LogP) is 4.41. The van der Waals surface area contributed by atoms with Gasteiger partial charge in [-0.3, -0.25) is 9.59 Å². The molecule has 12 heteroatoms. The lowest BCUT2D eigenvalue weighted by Crippen LogP contribution is -2.71. The number of hydrogen-bond donors (Lipinski definition) is 2. The van der Waals surface area contributed by atoms with Gasteiger partial charge in [0.05, 0.1) is 21.7 Å². The van der Waals surface area contributed by atoms with E-state index in [1.54, 1.807) is 0 Å².